The molecule has 3 heteroatoms. The number of rotatable bonds is 0. The van der Waals surface area contributed by atoms with Gasteiger partial charge in [0.05, 0.1) is 27.7 Å². The Bertz CT molecular complexity index is 169. The van der Waals surface area contributed by atoms with Crippen molar-refractivity contribution in [3.63, 3.8) is 0 Å². The summed E-state index contributed by atoms with van der Waals surface area (Å²) < 4.78 is 0.934. The van der Waals surface area contributed by atoms with Gasteiger partial charge in [-0.3, -0.25) is 0 Å². The van der Waals surface area contributed by atoms with Crippen LogP contribution in [0.1, 0.15) is 20.8 Å². The molecule has 0 spiro atoms. The van der Waals surface area contributed by atoms with Gasteiger partial charge in [-0.25, -0.2) is 10.0 Å². The maximum Gasteiger partial charge on any atom is 0.126 e. The molecule has 1 aliphatic heterocycles. The summed E-state index contributed by atoms with van der Waals surface area (Å²) >= 11 is 0. The van der Waals surface area contributed by atoms with Gasteiger partial charge in [-0.05, 0) is 0 Å². The molecule has 0 bridgehead atoms. The number of hydrogen-bond acceptors (Lipinski definition) is 2. The molecule has 0 aliphatic carbocycles. The van der Waals surface area contributed by atoms with Crippen molar-refractivity contribution in [2.24, 2.45) is 5.41 Å². The smallest absolute Gasteiger partial charge is 0.126 e. The minimum absolute atomic E-state index is 0.362. The van der Waals surface area contributed by atoms with Gasteiger partial charge in [0.2, 0.25) is 0 Å². The molecule has 0 aromatic heterocycles. The van der Waals surface area contributed by atoms with E-state index >= 15 is 0 Å². The van der Waals surface area contributed by atoms with Crippen LogP contribution in [0.5, 0.6) is 0 Å². The summed E-state index contributed by atoms with van der Waals surface area (Å²) in [5.41, 5.74) is 3.73. The first-order valence-electron chi connectivity index (χ1n) is 4.57. The van der Waals surface area contributed by atoms with E-state index in [1.165, 1.54) is 0 Å². The lowest BCUT2D eigenvalue weighted by atomic mass is 9.86. The van der Waals surface area contributed by atoms with E-state index in [4.69, 9.17) is 0 Å². The quantitative estimate of drug-likeness (QED) is 0.545. The standard InChI is InChI=1S/C9H22N3/c1-9(2,3)8-7-10-11(4)12(8,5)6/h8,10H,7H2,1-6H3/q+1. The molecule has 1 saturated heterocycles. The number of hydrazine groups is 1. The highest BCUT2D eigenvalue weighted by Gasteiger charge is 2.46. The number of nitrogens with zero attached hydrogens (tertiary/aromatic N) is 2. The lowest BCUT2D eigenvalue weighted by molar-refractivity contribution is -1.01. The third-order valence-electron chi connectivity index (χ3n) is 3.05. The molecule has 0 aromatic carbocycles. The van der Waals surface area contributed by atoms with Crippen molar-refractivity contribution < 1.29 is 4.59 Å². The molecule has 1 aliphatic rings. The Hall–Kier alpha value is -0.120. The van der Waals surface area contributed by atoms with Crippen molar-refractivity contribution in [1.29, 1.82) is 0 Å². The summed E-state index contributed by atoms with van der Waals surface area (Å²) in [4.78, 5) is 0. The molecular weight excluding hydrogens is 150 g/mol. The molecule has 1 unspecified atom stereocenters. The Kier molecular flexibility index (Phi) is 2.23. The van der Waals surface area contributed by atoms with E-state index in [9.17, 15) is 0 Å². The summed E-state index contributed by atoms with van der Waals surface area (Å²) in [7, 11) is 6.59. The molecule has 3 nitrogen and oxygen atoms in total. The first-order chi connectivity index (χ1) is 5.26. The Morgan fingerprint density at radius 1 is 1.33 bits per heavy atom. The van der Waals surface area contributed by atoms with Crippen molar-refractivity contribution in [3.05, 3.63) is 0 Å². The monoisotopic (exact) mass is 172 g/mol. The first-order valence-corrected chi connectivity index (χ1v) is 4.57. The minimum Gasteiger partial charge on any atom is -0.230 e. The van der Waals surface area contributed by atoms with E-state index in [2.05, 4.69) is 52.5 Å². The van der Waals surface area contributed by atoms with Crippen molar-refractivity contribution in [3.8, 4) is 0 Å². The number of likely N-dealkylation sites (N-methyl/N-ethyl adjacent to an activating group) is 1. The van der Waals surface area contributed by atoms with Gasteiger partial charge in [0.25, 0.3) is 0 Å². The highest BCUT2D eigenvalue weighted by Crippen LogP contribution is 2.30. The minimum atomic E-state index is 0.362. The van der Waals surface area contributed by atoms with Crippen molar-refractivity contribution >= 4 is 0 Å². The zero-order chi connectivity index (χ0) is 9.57. The second-order valence-electron chi connectivity index (χ2n) is 5.25. The number of hydrogen-bond donors (Lipinski definition) is 1. The molecule has 0 saturated carbocycles. The highest BCUT2D eigenvalue weighted by atomic mass is 15.9. The molecular formula is C9H22N3+. The molecule has 72 valence electrons. The number of nitrogens with one attached hydrogen (secondary N) is 1. The molecule has 0 radical (unpaired) electrons. The topological polar surface area (TPSA) is 15.3 Å². The van der Waals surface area contributed by atoms with Gasteiger partial charge in [-0.1, -0.05) is 25.9 Å². The average molecular weight is 172 g/mol. The molecule has 1 heterocycles. The van der Waals surface area contributed by atoms with Crippen LogP contribution in [-0.4, -0.2) is 43.4 Å². The third kappa shape index (κ3) is 1.49. The van der Waals surface area contributed by atoms with Gasteiger partial charge in [0.15, 0.2) is 0 Å². The van der Waals surface area contributed by atoms with E-state index in [0.29, 0.717) is 11.5 Å². The largest absolute Gasteiger partial charge is 0.230 e. The van der Waals surface area contributed by atoms with Gasteiger partial charge in [-0.15, -0.1) is 0 Å². The second-order valence-corrected chi connectivity index (χ2v) is 5.25. The van der Waals surface area contributed by atoms with Crippen LogP contribution in [0.15, 0.2) is 0 Å². The van der Waals surface area contributed by atoms with Crippen LogP contribution in [0, 0.1) is 5.41 Å². The van der Waals surface area contributed by atoms with Crippen LogP contribution < -0.4 is 5.43 Å². The predicted octanol–water partition coefficient (Wildman–Crippen LogP) is 0.842. The lowest BCUT2D eigenvalue weighted by Gasteiger charge is -2.40. The summed E-state index contributed by atoms with van der Waals surface area (Å²) in [5.74, 6) is 0. The maximum atomic E-state index is 3.37. The van der Waals surface area contributed by atoms with E-state index in [1.807, 2.05) is 0 Å². The fourth-order valence-corrected chi connectivity index (χ4v) is 2.09. The van der Waals surface area contributed by atoms with E-state index in [0.717, 1.165) is 11.1 Å². The summed E-state index contributed by atoms with van der Waals surface area (Å²) in [6, 6.07) is 0.655. The Balaban J connectivity index is 2.82. The van der Waals surface area contributed by atoms with Gasteiger partial charge >= 0.3 is 0 Å². The summed E-state index contributed by atoms with van der Waals surface area (Å²) in [5, 5.41) is 2.18. The molecule has 12 heavy (non-hydrogen) atoms. The third-order valence-corrected chi connectivity index (χ3v) is 3.05. The fraction of sp³-hybridized carbons (Fsp3) is 1.00. The first kappa shape index (κ1) is 9.96. The zero-order valence-corrected chi connectivity index (χ0v) is 9.18. The molecule has 1 atom stereocenters. The van der Waals surface area contributed by atoms with Gasteiger partial charge in [0.1, 0.15) is 6.04 Å². The van der Waals surface area contributed by atoms with E-state index in [1.54, 1.807) is 0 Å². The lowest BCUT2D eigenvalue weighted by Crippen LogP contribution is -2.57. The molecule has 1 fully saturated rings. The number of quaternary nitrogens is 1. The SMILES string of the molecule is CN1NCC(C(C)(C)C)[N+]1(C)C. The van der Waals surface area contributed by atoms with Crippen LogP contribution in [0.25, 0.3) is 0 Å². The van der Waals surface area contributed by atoms with Crippen molar-refractivity contribution in [2.45, 2.75) is 26.8 Å². The van der Waals surface area contributed by atoms with Gasteiger partial charge in [0, 0.05) is 5.41 Å². The normalized spacial score (nSPS) is 31.0. The molecule has 0 aromatic rings. The van der Waals surface area contributed by atoms with Crippen LogP contribution in [0.4, 0.5) is 0 Å². The maximum absolute atomic E-state index is 3.37. The average Bonchev–Trinajstić information content (AvgIpc) is 2.06. The molecule has 1 rings (SSSR count). The Morgan fingerprint density at radius 3 is 2.00 bits per heavy atom. The van der Waals surface area contributed by atoms with E-state index in [-0.39, 0.29) is 0 Å². The molecule has 0 amide bonds. The highest BCUT2D eigenvalue weighted by molar-refractivity contribution is 4.78. The molecule has 1 N–H and O–H groups in total. The van der Waals surface area contributed by atoms with Crippen LogP contribution in [-0.2, 0) is 0 Å². The Morgan fingerprint density at radius 2 is 1.83 bits per heavy atom. The zero-order valence-electron chi connectivity index (χ0n) is 9.18. The van der Waals surface area contributed by atoms with Gasteiger partial charge < -0.3 is 0 Å². The summed E-state index contributed by atoms with van der Waals surface area (Å²) in [6.07, 6.45) is 0. The van der Waals surface area contributed by atoms with Crippen molar-refractivity contribution in [1.82, 2.24) is 10.5 Å². The van der Waals surface area contributed by atoms with Crippen LogP contribution in [0.3, 0.4) is 0 Å². The second kappa shape index (κ2) is 2.69. The Labute approximate surface area is 75.9 Å². The predicted molar refractivity (Wildman–Crippen MR) is 51.1 cm³/mol. The van der Waals surface area contributed by atoms with Crippen molar-refractivity contribution in [2.75, 3.05) is 27.7 Å². The summed E-state index contributed by atoms with van der Waals surface area (Å²) in [6.45, 7) is 7.99. The van der Waals surface area contributed by atoms with Crippen LogP contribution in [0.2, 0.25) is 0 Å². The van der Waals surface area contributed by atoms with Gasteiger partial charge in [-0.2, -0.15) is 0 Å². The fourth-order valence-electron chi connectivity index (χ4n) is 2.09. The van der Waals surface area contributed by atoms with E-state index < -0.39 is 0 Å². The van der Waals surface area contributed by atoms with Crippen LogP contribution >= 0.6 is 0 Å².